The van der Waals surface area contributed by atoms with Crippen LogP contribution in [0.25, 0.3) is 0 Å². The number of pyridine rings is 1. The van der Waals surface area contributed by atoms with Gasteiger partial charge in [0.05, 0.1) is 5.69 Å². The van der Waals surface area contributed by atoms with Crippen molar-refractivity contribution in [3.63, 3.8) is 0 Å². The highest BCUT2D eigenvalue weighted by atomic mass is 15.2. The van der Waals surface area contributed by atoms with Gasteiger partial charge in [0.25, 0.3) is 0 Å². The second kappa shape index (κ2) is 6.59. The Bertz CT molecular complexity index is 570. The van der Waals surface area contributed by atoms with E-state index in [-0.39, 0.29) is 0 Å². The van der Waals surface area contributed by atoms with Gasteiger partial charge in [0.1, 0.15) is 5.82 Å². The first-order valence-electron chi connectivity index (χ1n) is 7.54. The summed E-state index contributed by atoms with van der Waals surface area (Å²) >= 11 is 0. The molecule has 0 bridgehead atoms. The molecule has 0 aliphatic carbocycles. The van der Waals surface area contributed by atoms with Crippen LogP contribution < -0.4 is 11.1 Å². The van der Waals surface area contributed by atoms with Crippen LogP contribution in [-0.4, -0.2) is 29.0 Å². The molecular formula is C17H22N4. The summed E-state index contributed by atoms with van der Waals surface area (Å²) in [6.45, 7) is 3.20. The molecule has 4 nitrogen and oxygen atoms in total. The van der Waals surface area contributed by atoms with Crippen molar-refractivity contribution in [2.45, 2.75) is 25.4 Å². The molecule has 2 aromatic rings. The Morgan fingerprint density at radius 3 is 2.86 bits per heavy atom. The monoisotopic (exact) mass is 282 g/mol. The van der Waals surface area contributed by atoms with Crippen LogP contribution in [0.5, 0.6) is 0 Å². The lowest BCUT2D eigenvalue weighted by Crippen LogP contribution is -2.41. The Hall–Kier alpha value is -2.07. The van der Waals surface area contributed by atoms with E-state index in [1.807, 2.05) is 12.1 Å². The molecule has 110 valence electrons. The maximum Gasteiger partial charge on any atom is 0.149 e. The number of hydrogen-bond acceptors (Lipinski definition) is 4. The van der Waals surface area contributed by atoms with Crippen molar-refractivity contribution in [3.05, 3.63) is 54.2 Å². The average molecular weight is 282 g/mol. The van der Waals surface area contributed by atoms with Gasteiger partial charge in [-0.2, -0.15) is 0 Å². The highest BCUT2D eigenvalue weighted by molar-refractivity contribution is 5.60. The lowest BCUT2D eigenvalue weighted by atomic mass is 10.0. The number of nitrogens with zero attached hydrogens (tertiary/aromatic N) is 2. The number of hydrogen-bond donors (Lipinski definition) is 2. The van der Waals surface area contributed by atoms with Crippen LogP contribution >= 0.6 is 0 Å². The van der Waals surface area contributed by atoms with Crippen LogP contribution in [0.3, 0.4) is 0 Å². The Morgan fingerprint density at radius 1 is 1.19 bits per heavy atom. The van der Waals surface area contributed by atoms with E-state index in [2.05, 4.69) is 45.5 Å². The lowest BCUT2D eigenvalue weighted by Gasteiger charge is -2.33. The number of rotatable bonds is 4. The number of aromatic nitrogens is 1. The van der Waals surface area contributed by atoms with Gasteiger partial charge in [-0.3, -0.25) is 4.90 Å². The predicted molar refractivity (Wildman–Crippen MR) is 87.0 cm³/mol. The smallest absolute Gasteiger partial charge is 0.149 e. The maximum atomic E-state index is 5.96. The van der Waals surface area contributed by atoms with E-state index in [9.17, 15) is 0 Å². The number of piperidine rings is 1. The Morgan fingerprint density at radius 2 is 2.05 bits per heavy atom. The summed E-state index contributed by atoms with van der Waals surface area (Å²) in [7, 11) is 0. The second-order valence-corrected chi connectivity index (χ2v) is 5.65. The van der Waals surface area contributed by atoms with Crippen LogP contribution in [0.2, 0.25) is 0 Å². The van der Waals surface area contributed by atoms with Gasteiger partial charge < -0.3 is 11.1 Å². The average Bonchev–Trinajstić information content (AvgIpc) is 2.51. The van der Waals surface area contributed by atoms with E-state index in [1.165, 1.54) is 18.4 Å². The maximum absolute atomic E-state index is 5.96. The molecule has 2 heterocycles. The molecule has 0 radical (unpaired) electrons. The number of nitrogens with one attached hydrogen (secondary N) is 1. The van der Waals surface area contributed by atoms with Gasteiger partial charge in [-0.1, -0.05) is 30.3 Å². The minimum absolute atomic E-state index is 0.416. The first kappa shape index (κ1) is 13.9. The Kier molecular flexibility index (Phi) is 4.36. The molecule has 1 fully saturated rings. The van der Waals surface area contributed by atoms with E-state index < -0.39 is 0 Å². The summed E-state index contributed by atoms with van der Waals surface area (Å²) in [6.07, 6.45) is 4.15. The molecule has 3 N–H and O–H groups in total. The molecule has 1 aromatic carbocycles. The normalized spacial score (nSPS) is 19.3. The molecule has 1 aliphatic rings. The van der Waals surface area contributed by atoms with E-state index >= 15 is 0 Å². The summed E-state index contributed by atoms with van der Waals surface area (Å²) in [6, 6.07) is 14.8. The summed E-state index contributed by atoms with van der Waals surface area (Å²) in [4.78, 5) is 6.82. The zero-order chi connectivity index (χ0) is 14.5. The summed E-state index contributed by atoms with van der Waals surface area (Å²) in [5, 5.41) is 3.49. The van der Waals surface area contributed by atoms with Gasteiger partial charge in [-0.15, -0.1) is 0 Å². The molecule has 3 rings (SSSR count). The molecule has 0 saturated carbocycles. The van der Waals surface area contributed by atoms with Crippen LogP contribution in [0, 0.1) is 0 Å². The van der Waals surface area contributed by atoms with E-state index in [1.54, 1.807) is 6.20 Å². The summed E-state index contributed by atoms with van der Waals surface area (Å²) in [5.74, 6) is 0.809. The molecule has 1 unspecified atom stereocenters. The van der Waals surface area contributed by atoms with Crippen molar-refractivity contribution in [1.29, 1.82) is 0 Å². The Balaban J connectivity index is 1.60. The van der Waals surface area contributed by atoms with Gasteiger partial charge in [0, 0.05) is 25.3 Å². The van der Waals surface area contributed by atoms with Crippen molar-refractivity contribution >= 4 is 11.5 Å². The lowest BCUT2D eigenvalue weighted by molar-refractivity contribution is 0.208. The number of nitrogen functional groups attached to an aromatic ring is 1. The molecule has 1 aliphatic heterocycles. The van der Waals surface area contributed by atoms with Gasteiger partial charge in [0.15, 0.2) is 0 Å². The van der Waals surface area contributed by atoms with Crippen molar-refractivity contribution in [2.24, 2.45) is 0 Å². The second-order valence-electron chi connectivity index (χ2n) is 5.65. The molecule has 0 spiro atoms. The highest BCUT2D eigenvalue weighted by Crippen LogP contribution is 2.20. The van der Waals surface area contributed by atoms with Crippen molar-refractivity contribution in [1.82, 2.24) is 9.88 Å². The molecular weight excluding hydrogens is 260 g/mol. The summed E-state index contributed by atoms with van der Waals surface area (Å²) < 4.78 is 0. The largest absolute Gasteiger partial charge is 0.396 e. The number of benzene rings is 1. The molecule has 1 aromatic heterocycles. The van der Waals surface area contributed by atoms with Gasteiger partial charge in [-0.05, 0) is 37.1 Å². The third kappa shape index (κ3) is 3.73. The van der Waals surface area contributed by atoms with E-state index in [0.29, 0.717) is 6.04 Å². The molecule has 1 saturated heterocycles. The predicted octanol–water partition coefficient (Wildman–Crippen LogP) is 2.74. The molecule has 1 atom stereocenters. The molecule has 21 heavy (non-hydrogen) atoms. The van der Waals surface area contributed by atoms with Crippen LogP contribution in [0.15, 0.2) is 48.7 Å². The van der Waals surface area contributed by atoms with Crippen LogP contribution in [0.1, 0.15) is 18.4 Å². The van der Waals surface area contributed by atoms with Crippen LogP contribution in [0.4, 0.5) is 11.5 Å². The van der Waals surface area contributed by atoms with Crippen molar-refractivity contribution in [3.8, 4) is 0 Å². The molecule has 4 heteroatoms. The minimum atomic E-state index is 0.416. The number of anilines is 2. The fraction of sp³-hybridized carbons (Fsp3) is 0.353. The zero-order valence-corrected chi connectivity index (χ0v) is 12.2. The van der Waals surface area contributed by atoms with Gasteiger partial charge >= 0.3 is 0 Å². The topological polar surface area (TPSA) is 54.2 Å². The fourth-order valence-corrected chi connectivity index (χ4v) is 2.89. The minimum Gasteiger partial charge on any atom is -0.396 e. The highest BCUT2D eigenvalue weighted by Gasteiger charge is 2.20. The zero-order valence-electron chi connectivity index (χ0n) is 12.2. The van der Waals surface area contributed by atoms with E-state index in [0.717, 1.165) is 31.1 Å². The standard InChI is InChI=1S/C17H22N4/c18-16-9-4-10-19-17(16)20-15-8-5-11-21(13-15)12-14-6-2-1-3-7-14/h1-4,6-7,9-10,15H,5,8,11-13,18H2,(H,19,20). The van der Waals surface area contributed by atoms with Gasteiger partial charge in [0.2, 0.25) is 0 Å². The first-order valence-corrected chi connectivity index (χ1v) is 7.54. The fourth-order valence-electron chi connectivity index (χ4n) is 2.89. The Labute approximate surface area is 126 Å². The first-order chi connectivity index (χ1) is 10.3. The van der Waals surface area contributed by atoms with Gasteiger partial charge in [-0.25, -0.2) is 4.98 Å². The van der Waals surface area contributed by atoms with Crippen molar-refractivity contribution in [2.75, 3.05) is 24.1 Å². The molecule has 0 amide bonds. The number of nitrogens with two attached hydrogens (primary N) is 1. The third-order valence-electron chi connectivity index (χ3n) is 3.93. The SMILES string of the molecule is Nc1cccnc1NC1CCCN(Cc2ccccc2)C1. The van der Waals surface area contributed by atoms with E-state index in [4.69, 9.17) is 5.73 Å². The summed E-state index contributed by atoms with van der Waals surface area (Å²) in [5.41, 5.74) is 8.05. The quantitative estimate of drug-likeness (QED) is 0.905. The van der Waals surface area contributed by atoms with Crippen molar-refractivity contribution < 1.29 is 0 Å². The number of likely N-dealkylation sites (tertiary alicyclic amines) is 1. The third-order valence-corrected chi connectivity index (χ3v) is 3.93. The van der Waals surface area contributed by atoms with Crippen LogP contribution in [-0.2, 0) is 6.54 Å².